The van der Waals surface area contributed by atoms with Crippen molar-refractivity contribution in [3.8, 4) is 0 Å². The van der Waals surface area contributed by atoms with Gasteiger partial charge in [-0.15, -0.1) is 0 Å². The summed E-state index contributed by atoms with van der Waals surface area (Å²) in [5.41, 5.74) is 5.24. The molecule has 0 radical (unpaired) electrons. The number of carboxylic acid groups (broad SMARTS) is 1. The van der Waals surface area contributed by atoms with Crippen LogP contribution in [0, 0.1) is 5.92 Å². The van der Waals surface area contributed by atoms with Gasteiger partial charge in [-0.1, -0.05) is 13.8 Å². The Kier molecular flexibility index (Phi) is 3.74. The van der Waals surface area contributed by atoms with E-state index in [2.05, 4.69) is 4.98 Å². The number of fused-ring (bicyclic) bond motifs is 1. The summed E-state index contributed by atoms with van der Waals surface area (Å²) >= 11 is 0. The molecule has 2 aromatic heterocycles. The first-order valence-corrected chi connectivity index (χ1v) is 6.43. The van der Waals surface area contributed by atoms with Gasteiger partial charge in [0.25, 0.3) is 5.56 Å². The van der Waals surface area contributed by atoms with Crippen molar-refractivity contribution in [2.45, 2.75) is 26.8 Å². The molecule has 2 heterocycles. The lowest BCUT2D eigenvalue weighted by Crippen LogP contribution is -2.29. The van der Waals surface area contributed by atoms with Crippen LogP contribution in [-0.4, -0.2) is 20.6 Å². The molecule has 0 atom stereocenters. The zero-order chi connectivity index (χ0) is 14.9. The molecule has 6 heteroatoms. The molecule has 0 aliphatic heterocycles. The van der Waals surface area contributed by atoms with Crippen molar-refractivity contribution in [1.82, 2.24) is 9.55 Å². The summed E-state index contributed by atoms with van der Waals surface area (Å²) in [6.45, 7) is 4.50. The number of anilines is 1. The Morgan fingerprint density at radius 3 is 2.80 bits per heavy atom. The summed E-state index contributed by atoms with van der Waals surface area (Å²) in [5, 5.41) is 9.69. The van der Waals surface area contributed by atoms with Gasteiger partial charge >= 0.3 is 5.97 Å². The van der Waals surface area contributed by atoms with Gasteiger partial charge in [0.2, 0.25) is 0 Å². The number of nitrogen functional groups attached to an aromatic ring is 1. The molecule has 6 nitrogen and oxygen atoms in total. The highest BCUT2D eigenvalue weighted by atomic mass is 16.4. The van der Waals surface area contributed by atoms with Crippen molar-refractivity contribution in [1.29, 1.82) is 0 Å². The predicted octanol–water partition coefficient (Wildman–Crippen LogP) is 1.72. The maximum atomic E-state index is 12.3. The number of pyridine rings is 2. The minimum absolute atomic E-state index is 0.0219. The third-order valence-corrected chi connectivity index (χ3v) is 3.20. The second-order valence-corrected chi connectivity index (χ2v) is 5.11. The van der Waals surface area contributed by atoms with Gasteiger partial charge < -0.3 is 10.8 Å². The molecule has 0 aliphatic rings. The lowest BCUT2D eigenvalue weighted by atomic mass is 10.1. The largest absolute Gasteiger partial charge is 0.477 e. The Bertz CT molecular complexity index is 719. The lowest BCUT2D eigenvalue weighted by Gasteiger charge is -2.14. The molecule has 2 aromatic rings. The molecule has 0 saturated carbocycles. The van der Waals surface area contributed by atoms with Gasteiger partial charge in [-0.2, -0.15) is 0 Å². The van der Waals surface area contributed by atoms with E-state index in [-0.39, 0.29) is 11.3 Å². The number of nitrogens with two attached hydrogens (primary N) is 1. The first-order chi connectivity index (χ1) is 9.43. The number of rotatable bonds is 4. The van der Waals surface area contributed by atoms with E-state index in [1.807, 2.05) is 13.8 Å². The van der Waals surface area contributed by atoms with Crippen LogP contribution >= 0.6 is 0 Å². The molecule has 20 heavy (non-hydrogen) atoms. The van der Waals surface area contributed by atoms with Crippen LogP contribution in [-0.2, 0) is 6.54 Å². The number of aryl methyl sites for hydroxylation is 1. The van der Waals surface area contributed by atoms with Crippen LogP contribution in [0.3, 0.4) is 0 Å². The van der Waals surface area contributed by atoms with Crippen molar-refractivity contribution in [3.63, 3.8) is 0 Å². The van der Waals surface area contributed by atoms with E-state index in [9.17, 15) is 14.7 Å². The molecule has 106 valence electrons. The molecule has 0 bridgehead atoms. The van der Waals surface area contributed by atoms with Crippen molar-refractivity contribution in [3.05, 3.63) is 34.2 Å². The first kappa shape index (κ1) is 14.0. The first-order valence-electron chi connectivity index (χ1n) is 6.43. The van der Waals surface area contributed by atoms with Gasteiger partial charge in [0.1, 0.15) is 11.2 Å². The predicted molar refractivity (Wildman–Crippen MR) is 76.8 cm³/mol. The highest BCUT2D eigenvalue weighted by molar-refractivity contribution is 6.02. The second kappa shape index (κ2) is 5.32. The molecular formula is C14H17N3O3. The quantitative estimate of drug-likeness (QED) is 0.885. The number of carbonyl (C=O) groups is 1. The van der Waals surface area contributed by atoms with E-state index in [0.717, 1.165) is 6.42 Å². The van der Waals surface area contributed by atoms with Crippen molar-refractivity contribution >= 4 is 22.7 Å². The van der Waals surface area contributed by atoms with Crippen molar-refractivity contribution in [2.75, 3.05) is 5.73 Å². The average Bonchev–Trinajstić information content (AvgIpc) is 2.38. The average molecular weight is 275 g/mol. The maximum Gasteiger partial charge on any atom is 0.343 e. The van der Waals surface area contributed by atoms with Crippen molar-refractivity contribution < 1.29 is 9.90 Å². The van der Waals surface area contributed by atoms with Gasteiger partial charge in [-0.25, -0.2) is 9.78 Å². The molecule has 0 fully saturated rings. The third-order valence-electron chi connectivity index (χ3n) is 3.20. The van der Waals surface area contributed by atoms with Crippen LogP contribution in [0.1, 0.15) is 30.6 Å². The molecule has 3 N–H and O–H groups in total. The monoisotopic (exact) mass is 275 g/mol. The molecule has 0 unspecified atom stereocenters. The zero-order valence-electron chi connectivity index (χ0n) is 11.5. The Morgan fingerprint density at radius 2 is 2.20 bits per heavy atom. The number of aromatic carboxylic acids is 1. The molecule has 0 saturated heterocycles. The Labute approximate surface area is 115 Å². The summed E-state index contributed by atoms with van der Waals surface area (Å²) in [6.07, 6.45) is 2.32. The fourth-order valence-electron chi connectivity index (χ4n) is 2.10. The van der Waals surface area contributed by atoms with Crippen LogP contribution in [0.5, 0.6) is 0 Å². The zero-order valence-corrected chi connectivity index (χ0v) is 11.5. The Balaban J connectivity index is 2.77. The fourth-order valence-corrected chi connectivity index (χ4v) is 2.10. The van der Waals surface area contributed by atoms with Gasteiger partial charge in [0.05, 0.1) is 5.69 Å². The summed E-state index contributed by atoms with van der Waals surface area (Å²) in [4.78, 5) is 27.8. The fraction of sp³-hybridized carbons (Fsp3) is 0.357. The van der Waals surface area contributed by atoms with Crippen LogP contribution in [0.25, 0.3) is 11.0 Å². The van der Waals surface area contributed by atoms with Crippen LogP contribution in [0.2, 0.25) is 0 Å². The van der Waals surface area contributed by atoms with Gasteiger partial charge in [-0.3, -0.25) is 9.36 Å². The second-order valence-electron chi connectivity index (χ2n) is 5.11. The van der Waals surface area contributed by atoms with Crippen molar-refractivity contribution in [2.24, 2.45) is 5.92 Å². The number of aromatic nitrogens is 2. The number of hydrogen-bond donors (Lipinski definition) is 2. The molecular weight excluding hydrogens is 258 g/mol. The molecule has 0 aromatic carbocycles. The van der Waals surface area contributed by atoms with E-state index < -0.39 is 11.5 Å². The summed E-state index contributed by atoms with van der Waals surface area (Å²) in [6, 6.07) is 3.34. The smallest absolute Gasteiger partial charge is 0.343 e. The topological polar surface area (TPSA) is 98.2 Å². The Morgan fingerprint density at radius 1 is 1.50 bits per heavy atom. The molecule has 0 amide bonds. The molecule has 0 aliphatic carbocycles. The van der Waals surface area contributed by atoms with Gasteiger partial charge in [0.15, 0.2) is 0 Å². The lowest BCUT2D eigenvalue weighted by molar-refractivity contribution is 0.0695. The summed E-state index contributed by atoms with van der Waals surface area (Å²) in [5.74, 6) is -0.914. The number of hydrogen-bond acceptors (Lipinski definition) is 4. The standard InChI is InChI=1S/C14H17N3O3/c1-8(2)5-7-17-12-9(4-3-6-16-12)11(15)10(13(17)18)14(19)20/h3-4,6,8H,5,7,15H2,1-2H3,(H,19,20). The summed E-state index contributed by atoms with van der Waals surface area (Å²) in [7, 11) is 0. The molecule has 0 spiro atoms. The van der Waals surface area contributed by atoms with E-state index in [0.29, 0.717) is 23.5 Å². The van der Waals surface area contributed by atoms with Gasteiger partial charge in [0, 0.05) is 18.1 Å². The van der Waals surface area contributed by atoms with Gasteiger partial charge in [-0.05, 0) is 24.5 Å². The maximum absolute atomic E-state index is 12.3. The molecule has 2 rings (SSSR count). The van der Waals surface area contributed by atoms with Crippen LogP contribution in [0.15, 0.2) is 23.1 Å². The number of carboxylic acids is 1. The van der Waals surface area contributed by atoms with E-state index in [1.165, 1.54) is 4.57 Å². The van der Waals surface area contributed by atoms with Crippen LogP contribution in [0.4, 0.5) is 5.69 Å². The number of nitrogens with zero attached hydrogens (tertiary/aromatic N) is 2. The van der Waals surface area contributed by atoms with E-state index >= 15 is 0 Å². The highest BCUT2D eigenvalue weighted by Gasteiger charge is 2.20. The SMILES string of the molecule is CC(C)CCn1c(=O)c(C(=O)O)c(N)c2cccnc21. The van der Waals surface area contributed by atoms with Crippen LogP contribution < -0.4 is 11.3 Å². The Hall–Kier alpha value is -2.37. The normalized spacial score (nSPS) is 11.2. The summed E-state index contributed by atoms with van der Waals surface area (Å²) < 4.78 is 1.40. The minimum atomic E-state index is -1.31. The third kappa shape index (κ3) is 2.36. The highest BCUT2D eigenvalue weighted by Crippen LogP contribution is 2.21. The minimum Gasteiger partial charge on any atom is -0.477 e. The van der Waals surface area contributed by atoms with E-state index in [1.54, 1.807) is 18.3 Å². The van der Waals surface area contributed by atoms with E-state index in [4.69, 9.17) is 5.73 Å².